The smallest absolute Gasteiger partial charge is 0.119 e. The second kappa shape index (κ2) is 5.65. The van der Waals surface area contributed by atoms with Gasteiger partial charge in [0, 0.05) is 9.58 Å². The molecular weight excluding hydrogens is 292 g/mol. The van der Waals surface area contributed by atoms with Crippen LogP contribution in [0.25, 0.3) is 20.5 Å². The molecule has 3 aromatic rings. The number of benzene rings is 2. The lowest BCUT2D eigenvalue weighted by atomic mass is 10.1. The molecule has 0 bridgehead atoms. The third-order valence-corrected chi connectivity index (χ3v) is 5.39. The molecule has 0 amide bonds. The van der Waals surface area contributed by atoms with E-state index in [9.17, 15) is 5.11 Å². The van der Waals surface area contributed by atoms with Crippen LogP contribution in [0.1, 0.15) is 25.7 Å². The Labute approximate surface area is 134 Å². The Kier molecular flexibility index (Phi) is 3.51. The van der Waals surface area contributed by atoms with E-state index in [-0.39, 0.29) is 0 Å². The lowest BCUT2D eigenvalue weighted by Crippen LogP contribution is -2.10. The number of thiophene rings is 1. The highest BCUT2D eigenvalue weighted by atomic mass is 32.1. The first-order valence-electron chi connectivity index (χ1n) is 7.77. The van der Waals surface area contributed by atoms with Gasteiger partial charge in [-0.3, -0.25) is 0 Å². The van der Waals surface area contributed by atoms with Crippen molar-refractivity contribution in [2.24, 2.45) is 0 Å². The minimum Gasteiger partial charge on any atom is -0.508 e. The van der Waals surface area contributed by atoms with E-state index in [1.54, 1.807) is 17.4 Å². The molecule has 0 saturated heterocycles. The molecule has 3 heteroatoms. The average molecular weight is 310 g/mol. The highest BCUT2D eigenvalue weighted by molar-refractivity contribution is 7.22. The summed E-state index contributed by atoms with van der Waals surface area (Å²) in [5.41, 5.74) is 1.19. The monoisotopic (exact) mass is 310 g/mol. The van der Waals surface area contributed by atoms with Gasteiger partial charge in [-0.2, -0.15) is 0 Å². The van der Waals surface area contributed by atoms with E-state index < -0.39 is 0 Å². The minimum absolute atomic E-state index is 0.321. The number of fused-ring (bicyclic) bond motifs is 1. The van der Waals surface area contributed by atoms with Gasteiger partial charge in [0.25, 0.3) is 0 Å². The fourth-order valence-corrected chi connectivity index (χ4v) is 4.16. The van der Waals surface area contributed by atoms with E-state index in [1.165, 1.54) is 41.5 Å². The minimum atomic E-state index is 0.321. The third kappa shape index (κ3) is 2.69. The summed E-state index contributed by atoms with van der Waals surface area (Å²) in [5.74, 6) is 1.29. The van der Waals surface area contributed by atoms with Gasteiger partial charge in [0.05, 0.1) is 6.10 Å². The zero-order valence-electron chi connectivity index (χ0n) is 12.3. The summed E-state index contributed by atoms with van der Waals surface area (Å²) in [6, 6.07) is 16.1. The molecule has 1 saturated carbocycles. The van der Waals surface area contributed by atoms with Crippen molar-refractivity contribution in [2.45, 2.75) is 31.8 Å². The second-order valence-electron chi connectivity index (χ2n) is 5.88. The maximum absolute atomic E-state index is 9.57. The van der Waals surface area contributed by atoms with Crippen LogP contribution < -0.4 is 4.74 Å². The van der Waals surface area contributed by atoms with Crippen LogP contribution in [0.3, 0.4) is 0 Å². The van der Waals surface area contributed by atoms with Crippen LogP contribution in [-0.4, -0.2) is 11.2 Å². The van der Waals surface area contributed by atoms with E-state index in [1.807, 2.05) is 12.1 Å². The summed E-state index contributed by atoms with van der Waals surface area (Å²) in [6.45, 7) is 0. The van der Waals surface area contributed by atoms with Crippen LogP contribution in [-0.2, 0) is 0 Å². The Morgan fingerprint density at radius 3 is 2.50 bits per heavy atom. The first-order valence-corrected chi connectivity index (χ1v) is 8.59. The number of phenols is 1. The zero-order valence-corrected chi connectivity index (χ0v) is 13.1. The molecule has 1 aromatic heterocycles. The topological polar surface area (TPSA) is 29.5 Å². The summed E-state index contributed by atoms with van der Waals surface area (Å²) < 4.78 is 7.12. The van der Waals surface area contributed by atoms with Gasteiger partial charge in [0.2, 0.25) is 0 Å². The van der Waals surface area contributed by atoms with Crippen molar-refractivity contribution in [2.75, 3.05) is 0 Å². The van der Waals surface area contributed by atoms with E-state index in [4.69, 9.17) is 4.74 Å². The largest absolute Gasteiger partial charge is 0.508 e. The maximum Gasteiger partial charge on any atom is 0.119 e. The predicted molar refractivity (Wildman–Crippen MR) is 91.8 cm³/mol. The van der Waals surface area contributed by atoms with Crippen molar-refractivity contribution >= 4 is 21.4 Å². The van der Waals surface area contributed by atoms with Crippen molar-refractivity contribution in [3.63, 3.8) is 0 Å². The summed E-state index contributed by atoms with van der Waals surface area (Å²) in [4.78, 5) is 1.22. The van der Waals surface area contributed by atoms with Gasteiger partial charge in [-0.25, -0.2) is 0 Å². The summed E-state index contributed by atoms with van der Waals surface area (Å²) >= 11 is 1.70. The Morgan fingerprint density at radius 2 is 1.73 bits per heavy atom. The number of phenolic OH excluding ortho intramolecular Hbond substituents is 1. The average Bonchev–Trinajstić information content (AvgIpc) is 3.17. The highest BCUT2D eigenvalue weighted by Crippen LogP contribution is 2.36. The van der Waals surface area contributed by atoms with Crippen molar-refractivity contribution < 1.29 is 9.84 Å². The molecule has 1 heterocycles. The molecule has 0 atom stereocenters. The molecule has 1 N–H and O–H groups in total. The quantitative estimate of drug-likeness (QED) is 0.682. The van der Waals surface area contributed by atoms with Gasteiger partial charge in [-0.05, 0) is 85.2 Å². The van der Waals surface area contributed by atoms with Crippen molar-refractivity contribution in [1.29, 1.82) is 0 Å². The third-order valence-electron chi connectivity index (χ3n) is 4.25. The van der Waals surface area contributed by atoms with Crippen LogP contribution in [0, 0.1) is 0 Å². The molecule has 1 aliphatic rings. The lowest BCUT2D eigenvalue weighted by molar-refractivity contribution is 0.210. The Hall–Kier alpha value is -2.00. The van der Waals surface area contributed by atoms with Gasteiger partial charge < -0.3 is 9.84 Å². The molecule has 1 aliphatic carbocycles. The molecule has 2 nitrogen and oxygen atoms in total. The van der Waals surface area contributed by atoms with Crippen molar-refractivity contribution in [1.82, 2.24) is 0 Å². The second-order valence-corrected chi connectivity index (χ2v) is 6.97. The summed E-state index contributed by atoms with van der Waals surface area (Å²) in [7, 11) is 0. The van der Waals surface area contributed by atoms with Crippen LogP contribution in [0.5, 0.6) is 11.5 Å². The summed E-state index contributed by atoms with van der Waals surface area (Å²) in [6.07, 6.45) is 5.34. The molecular formula is C19H18O2S. The Bertz CT molecular complexity index is 783. The number of hydrogen-bond acceptors (Lipinski definition) is 3. The number of ether oxygens (including phenoxy) is 1. The van der Waals surface area contributed by atoms with E-state index in [0.717, 1.165) is 10.4 Å². The molecule has 1 fully saturated rings. The van der Waals surface area contributed by atoms with Crippen LogP contribution >= 0.6 is 11.3 Å². The number of aromatic hydroxyl groups is 1. The zero-order chi connectivity index (χ0) is 14.9. The van der Waals surface area contributed by atoms with E-state index in [2.05, 4.69) is 30.3 Å². The fraction of sp³-hybridized carbons (Fsp3) is 0.263. The van der Waals surface area contributed by atoms with Gasteiger partial charge in [0.1, 0.15) is 11.5 Å². The summed E-state index contributed by atoms with van der Waals surface area (Å²) in [5, 5.41) is 10.7. The Balaban J connectivity index is 1.58. The maximum atomic E-state index is 9.57. The van der Waals surface area contributed by atoms with Crippen LogP contribution in [0.2, 0.25) is 0 Å². The van der Waals surface area contributed by atoms with Crippen molar-refractivity contribution in [3.05, 3.63) is 48.5 Å². The van der Waals surface area contributed by atoms with Crippen LogP contribution in [0.15, 0.2) is 48.5 Å². The number of hydrogen-bond donors (Lipinski definition) is 1. The van der Waals surface area contributed by atoms with E-state index >= 15 is 0 Å². The molecule has 0 radical (unpaired) electrons. The normalized spacial score (nSPS) is 15.5. The van der Waals surface area contributed by atoms with Gasteiger partial charge in [-0.15, -0.1) is 11.3 Å². The molecule has 0 spiro atoms. The first-order chi connectivity index (χ1) is 10.8. The standard InChI is InChI=1S/C19H18O2S/c20-15-8-5-14-11-18(22-19(14)12-15)13-6-9-17(10-7-13)21-16-3-1-2-4-16/h5-12,16,20H,1-4H2. The van der Waals surface area contributed by atoms with Gasteiger partial charge >= 0.3 is 0 Å². The van der Waals surface area contributed by atoms with Crippen molar-refractivity contribution in [3.8, 4) is 21.9 Å². The Morgan fingerprint density at radius 1 is 0.955 bits per heavy atom. The lowest BCUT2D eigenvalue weighted by Gasteiger charge is -2.13. The number of rotatable bonds is 3. The SMILES string of the molecule is Oc1ccc2cc(-c3ccc(OC4CCCC4)cc3)sc2c1. The van der Waals surface area contributed by atoms with Gasteiger partial charge in [0.15, 0.2) is 0 Å². The molecule has 0 aliphatic heterocycles. The van der Waals surface area contributed by atoms with Crippen LogP contribution in [0.4, 0.5) is 0 Å². The highest BCUT2D eigenvalue weighted by Gasteiger charge is 2.16. The molecule has 0 unspecified atom stereocenters. The molecule has 112 valence electrons. The molecule has 2 aromatic carbocycles. The van der Waals surface area contributed by atoms with E-state index in [0.29, 0.717) is 11.9 Å². The molecule has 4 rings (SSSR count). The first kappa shape index (κ1) is 13.6. The molecule has 22 heavy (non-hydrogen) atoms. The fourth-order valence-electron chi connectivity index (χ4n) is 3.06. The van der Waals surface area contributed by atoms with Gasteiger partial charge in [-0.1, -0.05) is 0 Å². The predicted octanol–water partition coefficient (Wildman–Crippen LogP) is 5.60.